The SMILES string of the molecule is CC(C)=CCC[C@@H](C)[C@H]1CC[C@@]2(C)C3=C(CC[C@@]12C)[C@@]1(C)CCC(OC2O[C@H](CO)[C@@H](O)[C@H](O)[C@H]2O)C(C)(C)C1CC3. The molecule has 5 aliphatic rings. The van der Waals surface area contributed by atoms with Gasteiger partial charge in [0.25, 0.3) is 0 Å². The van der Waals surface area contributed by atoms with Crippen molar-refractivity contribution < 1.29 is 29.9 Å². The zero-order valence-corrected chi connectivity index (χ0v) is 27.7. The smallest absolute Gasteiger partial charge is 0.186 e. The van der Waals surface area contributed by atoms with E-state index in [1.807, 2.05) is 0 Å². The Morgan fingerprint density at radius 1 is 0.929 bits per heavy atom. The quantitative estimate of drug-likeness (QED) is 0.261. The predicted molar refractivity (Wildman–Crippen MR) is 166 cm³/mol. The third-order valence-electron chi connectivity index (χ3n) is 13.8. The van der Waals surface area contributed by atoms with Crippen molar-refractivity contribution in [3.05, 3.63) is 22.8 Å². The number of aliphatic hydroxyl groups excluding tert-OH is 4. The Morgan fingerprint density at radius 2 is 1.64 bits per heavy atom. The largest absolute Gasteiger partial charge is 0.394 e. The summed E-state index contributed by atoms with van der Waals surface area (Å²) in [5.41, 5.74) is 5.57. The molecule has 240 valence electrons. The highest BCUT2D eigenvalue weighted by Crippen LogP contribution is 2.72. The Bertz CT molecular complexity index is 1060. The van der Waals surface area contributed by atoms with Gasteiger partial charge in [0.1, 0.15) is 24.4 Å². The number of hydrogen-bond donors (Lipinski definition) is 4. The van der Waals surface area contributed by atoms with E-state index in [4.69, 9.17) is 9.47 Å². The number of allylic oxidation sites excluding steroid dienone is 4. The number of fused-ring (bicyclic) bond motifs is 4. The summed E-state index contributed by atoms with van der Waals surface area (Å²) < 4.78 is 12.2. The Balaban J connectivity index is 1.36. The molecule has 12 atom stereocenters. The number of aliphatic hydroxyl groups is 4. The highest BCUT2D eigenvalue weighted by atomic mass is 16.7. The lowest BCUT2D eigenvalue weighted by atomic mass is 9.43. The zero-order chi connectivity index (χ0) is 30.8. The first-order valence-corrected chi connectivity index (χ1v) is 16.9. The van der Waals surface area contributed by atoms with Crippen LogP contribution in [0.4, 0.5) is 0 Å². The molecule has 42 heavy (non-hydrogen) atoms. The van der Waals surface area contributed by atoms with Crippen molar-refractivity contribution in [2.24, 2.45) is 39.4 Å². The summed E-state index contributed by atoms with van der Waals surface area (Å²) in [7, 11) is 0. The molecule has 1 heterocycles. The molecule has 0 aromatic rings. The monoisotopic (exact) mass is 588 g/mol. The number of rotatable bonds is 7. The van der Waals surface area contributed by atoms with Gasteiger partial charge in [0.2, 0.25) is 0 Å². The van der Waals surface area contributed by atoms with E-state index >= 15 is 0 Å². The molecule has 3 unspecified atom stereocenters. The summed E-state index contributed by atoms with van der Waals surface area (Å²) in [4.78, 5) is 0. The lowest BCUT2D eigenvalue weighted by Gasteiger charge is -2.63. The van der Waals surface area contributed by atoms with Crippen molar-refractivity contribution in [1.29, 1.82) is 0 Å². The molecule has 0 radical (unpaired) electrons. The van der Waals surface area contributed by atoms with Crippen LogP contribution in [-0.4, -0.2) is 63.8 Å². The van der Waals surface area contributed by atoms with Crippen LogP contribution in [0, 0.1) is 39.4 Å². The molecule has 3 fully saturated rings. The maximum atomic E-state index is 10.7. The molecule has 4 N–H and O–H groups in total. The van der Waals surface area contributed by atoms with E-state index in [9.17, 15) is 20.4 Å². The molecule has 1 aliphatic heterocycles. The van der Waals surface area contributed by atoms with E-state index in [0.717, 1.165) is 37.5 Å². The molecule has 4 aliphatic carbocycles. The highest BCUT2D eigenvalue weighted by molar-refractivity contribution is 5.38. The highest BCUT2D eigenvalue weighted by Gasteiger charge is 2.63. The molecular formula is C36H60O6. The minimum atomic E-state index is -1.41. The fourth-order valence-electron chi connectivity index (χ4n) is 11.0. The summed E-state index contributed by atoms with van der Waals surface area (Å²) >= 11 is 0. The van der Waals surface area contributed by atoms with Gasteiger partial charge < -0.3 is 29.9 Å². The second-order valence-corrected chi connectivity index (χ2v) is 16.4. The van der Waals surface area contributed by atoms with E-state index in [1.54, 1.807) is 11.1 Å². The summed E-state index contributed by atoms with van der Waals surface area (Å²) in [6.07, 6.45) is 7.93. The summed E-state index contributed by atoms with van der Waals surface area (Å²) in [5, 5.41) is 40.9. The molecule has 1 saturated heterocycles. The zero-order valence-electron chi connectivity index (χ0n) is 27.7. The third-order valence-corrected chi connectivity index (χ3v) is 13.8. The first kappa shape index (κ1) is 32.6. The summed E-state index contributed by atoms with van der Waals surface area (Å²) in [5.74, 6) is 1.97. The van der Waals surface area contributed by atoms with Gasteiger partial charge in [0, 0.05) is 0 Å². The van der Waals surface area contributed by atoms with E-state index in [0.29, 0.717) is 11.3 Å². The van der Waals surface area contributed by atoms with Crippen LogP contribution < -0.4 is 0 Å². The van der Waals surface area contributed by atoms with Crippen molar-refractivity contribution >= 4 is 0 Å². The number of ether oxygens (including phenoxy) is 2. The van der Waals surface area contributed by atoms with Gasteiger partial charge in [0.05, 0.1) is 12.7 Å². The second-order valence-electron chi connectivity index (χ2n) is 16.4. The average Bonchev–Trinajstić information content (AvgIpc) is 3.21. The lowest BCUT2D eigenvalue weighted by molar-refractivity contribution is -0.325. The fourth-order valence-corrected chi connectivity index (χ4v) is 11.0. The van der Waals surface area contributed by atoms with E-state index in [1.165, 1.54) is 44.1 Å². The molecule has 6 nitrogen and oxygen atoms in total. The molecule has 5 rings (SSSR count). The van der Waals surface area contributed by atoms with Crippen LogP contribution >= 0.6 is 0 Å². The Kier molecular flexibility index (Phi) is 8.97. The van der Waals surface area contributed by atoms with E-state index in [2.05, 4.69) is 61.5 Å². The molecule has 0 spiro atoms. The van der Waals surface area contributed by atoms with E-state index < -0.39 is 37.3 Å². The minimum absolute atomic E-state index is 0.129. The van der Waals surface area contributed by atoms with Gasteiger partial charge in [-0.3, -0.25) is 0 Å². The second kappa shape index (κ2) is 11.6. The Labute approximate surface area is 255 Å². The van der Waals surface area contributed by atoms with Crippen LogP contribution in [0.2, 0.25) is 0 Å². The lowest BCUT2D eigenvalue weighted by Crippen LogP contribution is -2.61. The van der Waals surface area contributed by atoms with Gasteiger partial charge in [-0.15, -0.1) is 0 Å². The topological polar surface area (TPSA) is 99.4 Å². The maximum absolute atomic E-state index is 10.7. The maximum Gasteiger partial charge on any atom is 0.186 e. The average molecular weight is 589 g/mol. The van der Waals surface area contributed by atoms with Crippen molar-refractivity contribution in [2.75, 3.05) is 6.61 Å². The molecular weight excluding hydrogens is 528 g/mol. The van der Waals surface area contributed by atoms with Gasteiger partial charge in [-0.1, -0.05) is 64.3 Å². The summed E-state index contributed by atoms with van der Waals surface area (Å²) in [6, 6.07) is 0. The van der Waals surface area contributed by atoms with Crippen molar-refractivity contribution in [3.63, 3.8) is 0 Å². The predicted octanol–water partition coefficient (Wildman–Crippen LogP) is 6.30. The molecule has 0 amide bonds. The van der Waals surface area contributed by atoms with Gasteiger partial charge in [-0.25, -0.2) is 0 Å². The molecule has 0 aromatic carbocycles. The first-order chi connectivity index (χ1) is 19.6. The fraction of sp³-hybridized carbons (Fsp3) is 0.889. The molecule has 2 saturated carbocycles. The van der Waals surface area contributed by atoms with Crippen LogP contribution in [0.5, 0.6) is 0 Å². The van der Waals surface area contributed by atoms with Crippen LogP contribution in [0.1, 0.15) is 120 Å². The van der Waals surface area contributed by atoms with Gasteiger partial charge in [0.15, 0.2) is 6.29 Å². The van der Waals surface area contributed by atoms with Gasteiger partial charge in [-0.2, -0.15) is 0 Å². The molecule has 6 heteroatoms. The normalized spacial score (nSPS) is 47.3. The van der Waals surface area contributed by atoms with Gasteiger partial charge in [-0.05, 0) is 117 Å². The van der Waals surface area contributed by atoms with Crippen molar-refractivity contribution in [1.82, 2.24) is 0 Å². The standard InChI is InChI=1S/C36H60O6/c1-21(2)10-9-11-22(3)23-14-18-36(8)25-12-13-27-33(4,5)28(16-17-34(27,6)24(25)15-19-35(23,36)7)42-32-31(40)30(39)29(38)26(20-37)41-32/h10,22-23,26-32,37-40H,9,11-20H2,1-8H3/t22-,23-,26-,27?,28?,29-,30+,31-,32?,34-,35+,36+/m1/s1. The van der Waals surface area contributed by atoms with Crippen molar-refractivity contribution in [3.8, 4) is 0 Å². The first-order valence-electron chi connectivity index (χ1n) is 16.9. The van der Waals surface area contributed by atoms with Crippen LogP contribution in [-0.2, 0) is 9.47 Å². The van der Waals surface area contributed by atoms with Crippen molar-refractivity contribution in [2.45, 2.75) is 156 Å². The van der Waals surface area contributed by atoms with E-state index in [-0.39, 0.29) is 22.3 Å². The molecule has 0 aromatic heterocycles. The Morgan fingerprint density at radius 3 is 2.31 bits per heavy atom. The molecule has 0 bridgehead atoms. The number of hydrogen-bond acceptors (Lipinski definition) is 6. The Hall–Kier alpha value is -0.760. The van der Waals surface area contributed by atoms with Crippen LogP contribution in [0.15, 0.2) is 22.8 Å². The van der Waals surface area contributed by atoms with Crippen LogP contribution in [0.25, 0.3) is 0 Å². The van der Waals surface area contributed by atoms with Crippen LogP contribution in [0.3, 0.4) is 0 Å². The minimum Gasteiger partial charge on any atom is -0.394 e. The third kappa shape index (κ3) is 4.99. The van der Waals surface area contributed by atoms with Gasteiger partial charge >= 0.3 is 0 Å². The summed E-state index contributed by atoms with van der Waals surface area (Å²) in [6.45, 7) is 18.9.